The Bertz CT molecular complexity index is 980. The summed E-state index contributed by atoms with van der Waals surface area (Å²) in [4.78, 5) is 15.8. The van der Waals surface area contributed by atoms with Crippen LogP contribution < -0.4 is 11.5 Å². The molecule has 148 valence electrons. The van der Waals surface area contributed by atoms with E-state index in [4.69, 9.17) is 20.9 Å². The van der Waals surface area contributed by atoms with E-state index < -0.39 is 29.8 Å². The number of fused-ring (bicyclic) bond motifs is 1. The Morgan fingerprint density at radius 1 is 1.50 bits per heavy atom. The summed E-state index contributed by atoms with van der Waals surface area (Å²) in [6.07, 6.45) is -1.28. The quantitative estimate of drug-likeness (QED) is 0.380. The number of anilines is 1. The average Bonchev–Trinajstić information content (AvgIpc) is 3.21. The third kappa shape index (κ3) is 2.93. The third-order valence-electron chi connectivity index (χ3n) is 4.60. The molecular weight excluding hydrogens is 368 g/mol. The van der Waals surface area contributed by atoms with E-state index in [1.807, 2.05) is 6.07 Å². The molecule has 0 amide bonds. The maximum Gasteiger partial charge on any atom is 0.328 e. The molecule has 0 spiro atoms. The van der Waals surface area contributed by atoms with Crippen LogP contribution in [0.15, 0.2) is 30.5 Å². The number of esters is 1. The lowest BCUT2D eigenvalue weighted by molar-refractivity contribution is -0.141. The summed E-state index contributed by atoms with van der Waals surface area (Å²) in [6.45, 7) is 3.49. The van der Waals surface area contributed by atoms with Gasteiger partial charge in [-0.05, 0) is 18.1 Å². The Balaban J connectivity index is 1.97. The number of nitrogen functional groups attached to an aromatic ring is 1. The first-order valence-electron chi connectivity index (χ1n) is 8.44. The molecule has 28 heavy (non-hydrogen) atoms. The van der Waals surface area contributed by atoms with Gasteiger partial charge in [-0.3, -0.25) is 0 Å². The molecule has 11 nitrogen and oxygen atoms in total. The fourth-order valence-electron chi connectivity index (χ4n) is 2.83. The summed E-state index contributed by atoms with van der Waals surface area (Å²) in [7, 11) is 0. The second-order valence-corrected chi connectivity index (χ2v) is 6.73. The van der Waals surface area contributed by atoms with E-state index in [0.29, 0.717) is 5.52 Å². The van der Waals surface area contributed by atoms with Crippen molar-refractivity contribution in [1.29, 1.82) is 5.26 Å². The summed E-state index contributed by atoms with van der Waals surface area (Å²) < 4.78 is 11.8. The molecule has 3 heterocycles. The Morgan fingerprint density at radius 3 is 2.86 bits per heavy atom. The molecule has 2 aromatic heterocycles. The minimum absolute atomic E-state index is 0.124. The number of carbonyl (C=O) groups excluding carboxylic acids is 1. The molecule has 1 fully saturated rings. The molecule has 0 unspecified atom stereocenters. The first kappa shape index (κ1) is 19.6. The highest BCUT2D eigenvalue weighted by molar-refractivity contribution is 5.76. The van der Waals surface area contributed by atoms with Crippen LogP contribution in [0.1, 0.15) is 19.5 Å². The molecule has 2 aromatic rings. The average molecular weight is 388 g/mol. The van der Waals surface area contributed by atoms with Gasteiger partial charge in [-0.25, -0.2) is 14.3 Å². The van der Waals surface area contributed by atoms with E-state index in [9.17, 15) is 20.3 Å². The predicted octanol–water partition coefficient (Wildman–Crippen LogP) is -0.850. The second-order valence-electron chi connectivity index (χ2n) is 6.73. The van der Waals surface area contributed by atoms with Gasteiger partial charge in [0.1, 0.15) is 48.1 Å². The van der Waals surface area contributed by atoms with Crippen molar-refractivity contribution >= 4 is 17.3 Å². The Kier molecular flexibility index (Phi) is 4.95. The van der Waals surface area contributed by atoms with Gasteiger partial charge in [0.05, 0.1) is 0 Å². The van der Waals surface area contributed by atoms with Crippen LogP contribution in [0.3, 0.4) is 0 Å². The number of hydrogen-bond donors (Lipinski definition) is 4. The van der Waals surface area contributed by atoms with Crippen molar-refractivity contribution in [2.45, 2.75) is 37.7 Å². The maximum atomic E-state index is 11.9. The van der Waals surface area contributed by atoms with Crippen molar-refractivity contribution < 1.29 is 24.5 Å². The number of aromatic nitrogens is 3. The summed E-state index contributed by atoms with van der Waals surface area (Å²) >= 11 is 0. The largest absolute Gasteiger partial charge is 0.462 e. The lowest BCUT2D eigenvalue weighted by Crippen LogP contribution is -2.40. The minimum atomic E-state index is -2.01. The van der Waals surface area contributed by atoms with Gasteiger partial charge in [0, 0.05) is 0 Å². The van der Waals surface area contributed by atoms with E-state index >= 15 is 0 Å². The zero-order valence-corrected chi connectivity index (χ0v) is 15.2. The molecule has 3 rings (SSSR count). The van der Waals surface area contributed by atoms with Crippen LogP contribution in [-0.4, -0.2) is 49.0 Å². The first-order valence-corrected chi connectivity index (χ1v) is 8.44. The lowest BCUT2D eigenvalue weighted by atomic mass is 9.93. The van der Waals surface area contributed by atoms with Gasteiger partial charge in [-0.2, -0.15) is 10.4 Å². The number of carbonyl (C=O) groups is 1. The molecule has 0 aromatic carbocycles. The zero-order chi connectivity index (χ0) is 20.6. The fourth-order valence-corrected chi connectivity index (χ4v) is 2.83. The highest BCUT2D eigenvalue weighted by Gasteiger charge is 2.56. The SMILES string of the molecule is CC(C)[C@H](N)C(=O)O/C=C1/O[C@@](C#N)(c2ccc3c(N)ncnn23)[C@H](O)[C@@H]1O. The van der Waals surface area contributed by atoms with Gasteiger partial charge < -0.3 is 31.2 Å². The summed E-state index contributed by atoms with van der Waals surface area (Å²) in [5.41, 5.74) is 10.00. The number of ether oxygens (including phenoxy) is 2. The van der Waals surface area contributed by atoms with Crippen molar-refractivity contribution in [3.8, 4) is 6.07 Å². The third-order valence-corrected chi connectivity index (χ3v) is 4.60. The maximum absolute atomic E-state index is 11.9. The second kappa shape index (κ2) is 7.08. The Labute approximate surface area is 159 Å². The summed E-state index contributed by atoms with van der Waals surface area (Å²) in [5.74, 6) is -1.04. The molecule has 0 bridgehead atoms. The molecule has 1 aliphatic heterocycles. The number of aliphatic hydroxyl groups is 2. The van der Waals surface area contributed by atoms with Gasteiger partial charge in [0.15, 0.2) is 11.6 Å². The first-order chi connectivity index (χ1) is 13.2. The van der Waals surface area contributed by atoms with E-state index in [-0.39, 0.29) is 23.2 Å². The van der Waals surface area contributed by atoms with Gasteiger partial charge in [-0.1, -0.05) is 13.8 Å². The van der Waals surface area contributed by atoms with E-state index in [1.165, 1.54) is 16.9 Å². The number of rotatable bonds is 4. The smallest absolute Gasteiger partial charge is 0.328 e. The number of nitriles is 1. The highest BCUT2D eigenvalue weighted by atomic mass is 16.6. The van der Waals surface area contributed by atoms with E-state index in [0.717, 1.165) is 6.26 Å². The van der Waals surface area contributed by atoms with Crippen molar-refractivity contribution in [3.63, 3.8) is 0 Å². The molecular formula is C17H20N6O5. The molecule has 11 heteroatoms. The fraction of sp³-hybridized carbons (Fsp3) is 0.412. The van der Waals surface area contributed by atoms with Crippen LogP contribution in [0.4, 0.5) is 5.82 Å². The number of hydrogen-bond acceptors (Lipinski definition) is 10. The number of nitrogens with zero attached hydrogens (tertiary/aromatic N) is 4. The van der Waals surface area contributed by atoms with Crippen LogP contribution in [0.5, 0.6) is 0 Å². The molecule has 0 radical (unpaired) electrons. The lowest BCUT2D eigenvalue weighted by Gasteiger charge is -2.23. The molecule has 4 atom stereocenters. The van der Waals surface area contributed by atoms with Crippen LogP contribution >= 0.6 is 0 Å². The van der Waals surface area contributed by atoms with Crippen LogP contribution in [0.2, 0.25) is 0 Å². The van der Waals surface area contributed by atoms with Gasteiger partial charge >= 0.3 is 5.97 Å². The van der Waals surface area contributed by atoms with Crippen molar-refractivity contribution in [2.75, 3.05) is 5.73 Å². The predicted molar refractivity (Wildman–Crippen MR) is 94.8 cm³/mol. The number of aliphatic hydroxyl groups excluding tert-OH is 2. The summed E-state index contributed by atoms with van der Waals surface area (Å²) in [6, 6.07) is 4.02. The highest BCUT2D eigenvalue weighted by Crippen LogP contribution is 2.42. The molecule has 1 saturated heterocycles. The molecule has 0 aliphatic carbocycles. The van der Waals surface area contributed by atoms with Gasteiger partial charge in [0.25, 0.3) is 5.60 Å². The molecule has 1 aliphatic rings. The van der Waals surface area contributed by atoms with Crippen LogP contribution in [0, 0.1) is 17.2 Å². The van der Waals surface area contributed by atoms with Crippen molar-refractivity contribution in [2.24, 2.45) is 11.7 Å². The van der Waals surface area contributed by atoms with Crippen molar-refractivity contribution in [3.05, 3.63) is 36.2 Å². The molecule has 6 N–H and O–H groups in total. The zero-order valence-electron chi connectivity index (χ0n) is 15.2. The van der Waals surface area contributed by atoms with Crippen LogP contribution in [0.25, 0.3) is 5.52 Å². The minimum Gasteiger partial charge on any atom is -0.462 e. The van der Waals surface area contributed by atoms with E-state index in [1.54, 1.807) is 19.9 Å². The molecule has 0 saturated carbocycles. The standard InChI is InChI=1S/C17H20N6O5/c1-8(2)12(19)16(26)27-5-10-13(24)14(25)17(6-18,28-10)11-4-3-9-15(20)21-7-22-23(9)11/h3-5,7-8,12-14,24-25H,19H2,1-2H3,(H2,20,21,22)/b10-5+/t12-,13+,14+,17-/m0/s1. The Hall–Kier alpha value is -3.20. The van der Waals surface area contributed by atoms with Gasteiger partial charge in [-0.15, -0.1) is 0 Å². The topological polar surface area (TPSA) is 182 Å². The van der Waals surface area contributed by atoms with Crippen molar-refractivity contribution in [1.82, 2.24) is 14.6 Å². The monoisotopic (exact) mass is 388 g/mol. The number of nitrogens with two attached hydrogens (primary N) is 2. The Morgan fingerprint density at radius 2 is 2.21 bits per heavy atom. The van der Waals surface area contributed by atoms with E-state index in [2.05, 4.69) is 10.1 Å². The van der Waals surface area contributed by atoms with Gasteiger partial charge in [0.2, 0.25) is 0 Å². The van der Waals surface area contributed by atoms with Crippen LogP contribution in [-0.2, 0) is 19.9 Å². The normalized spacial score (nSPS) is 27.0. The summed E-state index contributed by atoms with van der Waals surface area (Å²) in [5, 5.41) is 34.7.